The number of carbonyl (C=O) groups is 3. The maximum absolute atomic E-state index is 12.8. The molecule has 0 aliphatic carbocycles. The van der Waals surface area contributed by atoms with E-state index in [4.69, 9.17) is 0 Å². The number of hydrogen-bond donors (Lipinski definition) is 3. The lowest BCUT2D eigenvalue weighted by atomic mass is 10.00. The number of carbonyl (C=O) groups excluding carboxylic acids is 3. The van der Waals surface area contributed by atoms with Gasteiger partial charge in [-0.25, -0.2) is 14.0 Å². The summed E-state index contributed by atoms with van der Waals surface area (Å²) >= 11 is 0. The smallest absolute Gasteiger partial charge is 0.322 e. The normalized spacial score (nSPS) is 24.1. The molecule has 8 heteroatoms. The highest BCUT2D eigenvalue weighted by Gasteiger charge is 2.51. The minimum Gasteiger partial charge on any atom is -0.322 e. The monoisotopic (exact) mass is 292 g/mol. The van der Waals surface area contributed by atoms with Crippen molar-refractivity contribution in [2.75, 3.05) is 18.4 Å². The van der Waals surface area contributed by atoms with E-state index in [1.165, 1.54) is 29.2 Å². The number of rotatable bonds is 1. The third-order valence-corrected chi connectivity index (χ3v) is 3.67. The summed E-state index contributed by atoms with van der Waals surface area (Å²) in [5.74, 6) is -0.803. The second-order valence-electron chi connectivity index (χ2n) is 5.10. The van der Waals surface area contributed by atoms with Crippen molar-refractivity contribution in [3.63, 3.8) is 0 Å². The molecule has 0 bridgehead atoms. The first-order chi connectivity index (χ1) is 9.98. The zero-order chi connectivity index (χ0) is 15.0. The number of imide groups is 1. The summed E-state index contributed by atoms with van der Waals surface area (Å²) in [6.45, 7) is 0.457. The Morgan fingerprint density at radius 1 is 1.29 bits per heavy atom. The molecule has 1 unspecified atom stereocenters. The minimum atomic E-state index is -1.03. The first kappa shape index (κ1) is 13.3. The lowest BCUT2D eigenvalue weighted by Crippen LogP contribution is -2.50. The van der Waals surface area contributed by atoms with Gasteiger partial charge in [-0.1, -0.05) is 0 Å². The number of benzene rings is 1. The molecule has 2 saturated heterocycles. The van der Waals surface area contributed by atoms with Crippen LogP contribution in [0.4, 0.5) is 19.7 Å². The Kier molecular flexibility index (Phi) is 3.00. The Balaban J connectivity index is 1.66. The largest absolute Gasteiger partial charge is 0.322 e. The van der Waals surface area contributed by atoms with E-state index in [9.17, 15) is 18.8 Å². The molecule has 3 N–H and O–H groups in total. The first-order valence-corrected chi connectivity index (χ1v) is 6.44. The highest BCUT2D eigenvalue weighted by atomic mass is 19.1. The average Bonchev–Trinajstić information content (AvgIpc) is 2.97. The first-order valence-electron chi connectivity index (χ1n) is 6.44. The van der Waals surface area contributed by atoms with Crippen LogP contribution < -0.4 is 16.0 Å². The number of urea groups is 2. The molecular weight excluding hydrogens is 279 g/mol. The molecule has 5 amide bonds. The van der Waals surface area contributed by atoms with Gasteiger partial charge in [0.25, 0.3) is 5.91 Å². The average molecular weight is 292 g/mol. The number of anilines is 1. The Labute approximate surface area is 119 Å². The van der Waals surface area contributed by atoms with E-state index < -0.39 is 29.3 Å². The quantitative estimate of drug-likeness (QED) is 0.663. The number of hydrogen-bond acceptors (Lipinski definition) is 3. The van der Waals surface area contributed by atoms with Gasteiger partial charge in [-0.15, -0.1) is 0 Å². The van der Waals surface area contributed by atoms with Crippen molar-refractivity contribution < 1.29 is 18.8 Å². The van der Waals surface area contributed by atoms with E-state index in [-0.39, 0.29) is 6.54 Å². The summed E-state index contributed by atoms with van der Waals surface area (Å²) < 4.78 is 12.8. The summed E-state index contributed by atoms with van der Waals surface area (Å²) in [5, 5.41) is 7.36. The van der Waals surface area contributed by atoms with E-state index in [0.29, 0.717) is 18.7 Å². The van der Waals surface area contributed by atoms with Gasteiger partial charge in [0, 0.05) is 12.2 Å². The predicted molar refractivity (Wildman–Crippen MR) is 71.0 cm³/mol. The van der Waals surface area contributed by atoms with Gasteiger partial charge in [0.15, 0.2) is 0 Å². The van der Waals surface area contributed by atoms with Crippen molar-refractivity contribution in [3.05, 3.63) is 30.1 Å². The predicted octanol–water partition coefficient (Wildman–Crippen LogP) is 0.641. The number of nitrogens with zero attached hydrogens (tertiary/aromatic N) is 1. The van der Waals surface area contributed by atoms with E-state index >= 15 is 0 Å². The number of likely N-dealkylation sites (tertiary alicyclic amines) is 1. The Hall–Kier alpha value is -2.64. The van der Waals surface area contributed by atoms with Crippen molar-refractivity contribution in [3.8, 4) is 0 Å². The van der Waals surface area contributed by atoms with Crippen LogP contribution in [0.2, 0.25) is 0 Å². The molecule has 2 aliphatic heterocycles. The fourth-order valence-electron chi connectivity index (χ4n) is 2.53. The van der Waals surface area contributed by atoms with Gasteiger partial charge in [0.05, 0.1) is 6.54 Å². The van der Waals surface area contributed by atoms with E-state index in [0.717, 1.165) is 0 Å². The molecule has 2 aliphatic rings. The maximum Gasteiger partial charge on any atom is 0.322 e. The molecular formula is C13H13FN4O3. The van der Waals surface area contributed by atoms with Crippen molar-refractivity contribution in [1.82, 2.24) is 15.5 Å². The molecule has 1 spiro atoms. The fraction of sp³-hybridized carbons (Fsp3) is 0.308. The fourth-order valence-corrected chi connectivity index (χ4v) is 2.53. The molecule has 21 heavy (non-hydrogen) atoms. The Bertz CT molecular complexity index is 618. The SMILES string of the molecule is O=C1NC(=O)C2(CCN(C(=O)Nc3ccc(F)cc3)C2)N1. The van der Waals surface area contributed by atoms with Crippen LogP contribution in [-0.2, 0) is 4.79 Å². The number of nitrogens with one attached hydrogen (secondary N) is 3. The topological polar surface area (TPSA) is 90.5 Å². The summed E-state index contributed by atoms with van der Waals surface area (Å²) in [7, 11) is 0. The number of amides is 5. The van der Waals surface area contributed by atoms with Gasteiger partial charge in [-0.3, -0.25) is 10.1 Å². The molecule has 0 radical (unpaired) electrons. The number of halogens is 1. The summed E-state index contributed by atoms with van der Waals surface area (Å²) in [5.41, 5.74) is -0.570. The van der Waals surface area contributed by atoms with E-state index in [1.807, 2.05) is 0 Å². The third-order valence-electron chi connectivity index (χ3n) is 3.67. The third kappa shape index (κ3) is 2.39. The van der Waals surface area contributed by atoms with Crippen molar-refractivity contribution in [2.24, 2.45) is 0 Å². The standard InChI is InChI=1S/C13H13FN4O3/c14-8-1-3-9(4-2-8)15-12(21)18-6-5-13(7-18)10(19)16-11(20)17-13/h1-4H,5-7H2,(H,15,21)(H2,16,17,19,20). The molecule has 1 aromatic rings. The Morgan fingerprint density at radius 3 is 2.62 bits per heavy atom. The summed E-state index contributed by atoms with van der Waals surface area (Å²) in [6.07, 6.45) is 0.363. The van der Waals surface area contributed by atoms with E-state index in [2.05, 4.69) is 16.0 Å². The summed E-state index contributed by atoms with van der Waals surface area (Å²) in [6, 6.07) is 4.44. The molecule has 3 rings (SSSR count). The highest BCUT2D eigenvalue weighted by molar-refractivity contribution is 6.07. The molecule has 0 saturated carbocycles. The lowest BCUT2D eigenvalue weighted by molar-refractivity contribution is -0.123. The van der Waals surface area contributed by atoms with Gasteiger partial charge in [0.2, 0.25) is 0 Å². The van der Waals surface area contributed by atoms with Crippen molar-refractivity contribution >= 4 is 23.7 Å². The second-order valence-corrected chi connectivity index (χ2v) is 5.10. The van der Waals surface area contributed by atoms with Crippen LogP contribution in [0, 0.1) is 5.82 Å². The van der Waals surface area contributed by atoms with Crippen LogP contribution in [-0.4, -0.2) is 41.5 Å². The van der Waals surface area contributed by atoms with Crippen LogP contribution in [0.15, 0.2) is 24.3 Å². The Morgan fingerprint density at radius 2 is 2.00 bits per heavy atom. The van der Waals surface area contributed by atoms with Crippen LogP contribution in [0.5, 0.6) is 0 Å². The molecule has 1 atom stereocenters. The summed E-state index contributed by atoms with van der Waals surface area (Å²) in [4.78, 5) is 36.5. The van der Waals surface area contributed by atoms with Gasteiger partial charge in [0.1, 0.15) is 11.4 Å². The zero-order valence-electron chi connectivity index (χ0n) is 11.0. The molecule has 0 aromatic heterocycles. The van der Waals surface area contributed by atoms with Crippen molar-refractivity contribution in [1.29, 1.82) is 0 Å². The van der Waals surface area contributed by atoms with Crippen LogP contribution in [0.1, 0.15) is 6.42 Å². The van der Waals surface area contributed by atoms with Crippen LogP contribution in [0.3, 0.4) is 0 Å². The maximum atomic E-state index is 12.8. The molecule has 110 valence electrons. The van der Waals surface area contributed by atoms with E-state index in [1.54, 1.807) is 0 Å². The molecule has 2 heterocycles. The lowest BCUT2D eigenvalue weighted by Gasteiger charge is -2.21. The molecule has 1 aromatic carbocycles. The van der Waals surface area contributed by atoms with Gasteiger partial charge in [-0.2, -0.15) is 0 Å². The minimum absolute atomic E-state index is 0.109. The zero-order valence-corrected chi connectivity index (χ0v) is 11.0. The van der Waals surface area contributed by atoms with Crippen LogP contribution >= 0.6 is 0 Å². The van der Waals surface area contributed by atoms with Crippen LogP contribution in [0.25, 0.3) is 0 Å². The van der Waals surface area contributed by atoms with Gasteiger partial charge >= 0.3 is 12.1 Å². The van der Waals surface area contributed by atoms with Gasteiger partial charge in [-0.05, 0) is 30.7 Å². The molecule has 7 nitrogen and oxygen atoms in total. The highest BCUT2D eigenvalue weighted by Crippen LogP contribution is 2.25. The van der Waals surface area contributed by atoms with Crippen molar-refractivity contribution in [2.45, 2.75) is 12.0 Å². The van der Waals surface area contributed by atoms with Gasteiger partial charge < -0.3 is 15.5 Å². The molecule has 2 fully saturated rings. The second kappa shape index (κ2) is 4.72.